The van der Waals surface area contributed by atoms with Crippen LogP contribution >= 0.6 is 0 Å². The SMILES string of the molecule is C=C1C=CC(=[N+](CCCCCCC(COS(=O)(O)=NS(=O)(=O)C(F)(F)F)(C(F)(F)F)C(F)(F)F)c2ccc([N+](=C)CCCCCCC(CS(=O)(=O)ON=S(=O)(OF)C(F)F)(C(F)(F)F)C(F)(F)F)cc2)C=C1.[K+].[K+]. The maximum absolute atomic E-state index is 14.0. The second-order valence-corrected chi connectivity index (χ2v) is 21.8. The van der Waals surface area contributed by atoms with E-state index in [0.29, 0.717) is 22.7 Å². The van der Waals surface area contributed by atoms with Crippen LogP contribution in [0.5, 0.6) is 0 Å². The molecule has 1 aliphatic carbocycles. The summed E-state index contributed by atoms with van der Waals surface area (Å²) in [5.74, 6) is -7.41. The number of hydrogen-bond acceptors (Lipinski definition) is 10. The summed E-state index contributed by atoms with van der Waals surface area (Å²) in [4.78, 5) is 0. The number of allylic oxidation sites excluding steroid dienone is 5. The van der Waals surface area contributed by atoms with Gasteiger partial charge in [0, 0.05) is 49.3 Å². The van der Waals surface area contributed by atoms with Gasteiger partial charge in [0.1, 0.15) is 25.6 Å². The predicted molar refractivity (Wildman–Crippen MR) is 219 cm³/mol. The topological polar surface area (TPSA) is 181 Å². The Kier molecular flexibility index (Phi) is 28.5. The largest absolute Gasteiger partial charge is 1.00 e. The van der Waals surface area contributed by atoms with Crippen molar-refractivity contribution in [3.63, 3.8) is 0 Å². The van der Waals surface area contributed by atoms with E-state index in [2.05, 4.69) is 26.2 Å². The normalized spacial score (nSPS) is 16.0. The monoisotopic (exact) mass is 1240 g/mol. The minimum absolute atomic E-state index is 0. The molecule has 1 aromatic rings. The Bertz CT molecular complexity index is 2610. The van der Waals surface area contributed by atoms with Crippen LogP contribution in [0.1, 0.15) is 64.2 Å². The van der Waals surface area contributed by atoms with E-state index in [-0.39, 0.29) is 154 Å². The third-order valence-corrected chi connectivity index (χ3v) is 15.1. The smallest absolute Gasteiger partial charge is 0.278 e. The fourth-order valence-corrected chi connectivity index (χ4v) is 10.2. The Morgan fingerprint density at radius 2 is 1.04 bits per heavy atom. The molecule has 0 bridgehead atoms. The van der Waals surface area contributed by atoms with Crippen molar-refractivity contribution in [2.45, 2.75) is 100 Å². The van der Waals surface area contributed by atoms with E-state index in [0.717, 1.165) is 0 Å². The molecule has 1 N–H and O–H groups in total. The van der Waals surface area contributed by atoms with Crippen LogP contribution in [-0.4, -0.2) is 113 Å². The summed E-state index contributed by atoms with van der Waals surface area (Å²) < 4.78 is 337. The van der Waals surface area contributed by atoms with E-state index in [1.54, 1.807) is 45.5 Å². The molecule has 0 radical (unpaired) electrons. The van der Waals surface area contributed by atoms with Crippen molar-refractivity contribution in [1.29, 1.82) is 0 Å². The summed E-state index contributed by atoms with van der Waals surface area (Å²) in [6.07, 6.45) is -25.1. The Hall–Kier alpha value is -0.567. The number of sulfonamides is 1. The van der Waals surface area contributed by atoms with Crippen molar-refractivity contribution in [2.75, 3.05) is 25.4 Å². The Labute approximate surface area is 497 Å². The Balaban J connectivity index is 0.0000266. The van der Waals surface area contributed by atoms with Crippen LogP contribution < -0.4 is 103 Å². The number of alkyl halides is 17. The molecule has 1 aliphatic rings. The molecule has 2 rings (SSSR count). The van der Waals surface area contributed by atoms with Crippen molar-refractivity contribution >= 4 is 64.2 Å². The number of nitrogens with zero attached hydrogens (tertiary/aromatic N) is 4. The molecule has 2 atom stereocenters. The van der Waals surface area contributed by atoms with Gasteiger partial charge in [-0.15, -0.1) is 4.28 Å². The van der Waals surface area contributed by atoms with E-state index in [9.17, 15) is 109 Å². The summed E-state index contributed by atoms with van der Waals surface area (Å²) in [5.41, 5.74) is -14.4. The van der Waals surface area contributed by atoms with Gasteiger partial charge in [0.15, 0.2) is 10.8 Å². The van der Waals surface area contributed by atoms with Gasteiger partial charge in [0.2, 0.25) is 17.1 Å². The van der Waals surface area contributed by atoms with Crippen molar-refractivity contribution < 1.29 is 234 Å². The van der Waals surface area contributed by atoms with Crippen molar-refractivity contribution in [2.24, 2.45) is 19.1 Å². The zero-order valence-corrected chi connectivity index (χ0v) is 47.9. The van der Waals surface area contributed by atoms with Crippen LogP contribution in [0.4, 0.5) is 90.5 Å². The van der Waals surface area contributed by atoms with Gasteiger partial charge >= 0.3 is 159 Å². The van der Waals surface area contributed by atoms with Crippen molar-refractivity contribution in [3.8, 4) is 0 Å². The van der Waals surface area contributed by atoms with E-state index >= 15 is 0 Å². The summed E-state index contributed by atoms with van der Waals surface area (Å²) in [5, 5.41) is 0. The van der Waals surface area contributed by atoms with Gasteiger partial charge in [-0.1, -0.05) is 40.4 Å². The molecule has 0 aliphatic heterocycles. The molecule has 0 saturated carbocycles. The fraction of sp³-hybridized carbons (Fsp3) is 0.611. The zero-order valence-electron chi connectivity index (χ0n) is 38.4. The van der Waals surface area contributed by atoms with Crippen LogP contribution in [0.15, 0.2) is 69.0 Å². The molecule has 2 unspecified atom stereocenters. The van der Waals surface area contributed by atoms with Crippen molar-refractivity contribution in [3.05, 3.63) is 60.7 Å². The number of rotatable bonds is 26. The van der Waals surface area contributed by atoms with Gasteiger partial charge in [-0.3, -0.25) is 8.74 Å². The first-order valence-electron chi connectivity index (χ1n) is 19.9. The number of halogens is 18. The summed E-state index contributed by atoms with van der Waals surface area (Å²) in [6, 6.07) is 6.14. The maximum atomic E-state index is 14.0. The number of hydrogen-bond donors (Lipinski definition) is 1. The predicted octanol–water partition coefficient (Wildman–Crippen LogP) is 5.42. The molecule has 0 saturated heterocycles. The molecule has 14 nitrogen and oxygen atoms in total. The van der Waals surface area contributed by atoms with Gasteiger partial charge in [-0.05, 0) is 52.5 Å². The molecule has 0 aromatic heterocycles. The summed E-state index contributed by atoms with van der Waals surface area (Å²) in [6.45, 7) is 4.84. The van der Waals surface area contributed by atoms with Crippen LogP contribution in [0, 0.1) is 10.8 Å². The molecular formula is C36H42F18K2N4O10S4+4. The van der Waals surface area contributed by atoms with E-state index in [4.69, 9.17) is 0 Å². The second kappa shape index (κ2) is 28.7. The molecule has 0 spiro atoms. The van der Waals surface area contributed by atoms with Gasteiger partial charge in [0.25, 0.3) is 20.1 Å². The Morgan fingerprint density at radius 3 is 1.46 bits per heavy atom. The van der Waals surface area contributed by atoms with Crippen molar-refractivity contribution in [1.82, 2.24) is 0 Å². The molecule has 0 amide bonds. The Morgan fingerprint density at radius 1 is 0.622 bits per heavy atom. The molecular weight excluding hydrogens is 1200 g/mol. The average molecular weight is 1240 g/mol. The zero-order chi connectivity index (χ0) is 55.6. The number of benzene rings is 1. The third kappa shape index (κ3) is 20.5. The van der Waals surface area contributed by atoms with Gasteiger partial charge in [-0.2, -0.15) is 100 Å². The second-order valence-electron chi connectivity index (χ2n) is 15.5. The minimum atomic E-state index is -6.89. The molecule has 0 heterocycles. The molecule has 74 heavy (non-hydrogen) atoms. The van der Waals surface area contributed by atoms with Gasteiger partial charge in [0.05, 0.1) is 6.61 Å². The van der Waals surface area contributed by atoms with Crippen LogP contribution in [-0.2, 0) is 53.3 Å². The molecule has 0 fully saturated rings. The molecule has 414 valence electrons. The summed E-state index contributed by atoms with van der Waals surface area (Å²) in [7, 11) is -25.3. The first kappa shape index (κ1) is 73.4. The van der Waals surface area contributed by atoms with Gasteiger partial charge < -0.3 is 0 Å². The first-order chi connectivity index (χ1) is 32.5. The van der Waals surface area contributed by atoms with E-state index in [1.807, 2.05) is 0 Å². The summed E-state index contributed by atoms with van der Waals surface area (Å²) >= 11 is 0. The van der Waals surface area contributed by atoms with Crippen LogP contribution in [0.2, 0.25) is 0 Å². The average Bonchev–Trinajstić information content (AvgIpc) is 3.22. The van der Waals surface area contributed by atoms with Crippen LogP contribution in [0.25, 0.3) is 0 Å². The third-order valence-electron chi connectivity index (χ3n) is 10.4. The maximum Gasteiger partial charge on any atom is 1.00 e. The van der Waals surface area contributed by atoms with E-state index < -0.39 is 125 Å². The first-order valence-corrected chi connectivity index (χ1v) is 25.8. The minimum Gasteiger partial charge on any atom is -0.278 e. The standard InChI is InChI=1S/C36H41F18N4O10S4.2K/c1-25-11-13-27(14-12-25)58(22-10-6-4-7-19-30(32(39,40)41,33(42,43)44)23-66-72(64,65)56-71(62,63)36(51,52)53)28-17-15-26(16-18-28)57(2)21-9-5-3-8-20-31(34(45,46)47,35(48,49)50)24-69(59,60)68-55-70(61,67-54)29(37)38;;/h11-18,29H,1-10,19-24H2;;/q3*+1/p+1. The quantitative estimate of drug-likeness (QED) is 0.0315. The number of unbranched alkanes of at least 4 members (excludes halogenated alkanes) is 6. The van der Waals surface area contributed by atoms with Gasteiger partial charge in [-0.25, -0.2) is 8.78 Å². The van der Waals surface area contributed by atoms with E-state index in [1.165, 1.54) is 20.5 Å². The fourth-order valence-electron chi connectivity index (χ4n) is 6.40. The van der Waals surface area contributed by atoms with Crippen LogP contribution in [0.3, 0.4) is 0 Å². The molecule has 1 aromatic carbocycles. The molecule has 38 heteroatoms.